The molecule has 0 aliphatic carbocycles. The molecule has 118 valence electrons. The first kappa shape index (κ1) is 16.5. The van der Waals surface area contributed by atoms with E-state index in [4.69, 9.17) is 9.47 Å². The van der Waals surface area contributed by atoms with Crippen LogP contribution >= 0.6 is 0 Å². The molecule has 0 spiro atoms. The Morgan fingerprint density at radius 3 is 2.45 bits per heavy atom. The Labute approximate surface area is 131 Å². The summed E-state index contributed by atoms with van der Waals surface area (Å²) in [4.78, 5) is 0. The van der Waals surface area contributed by atoms with Crippen LogP contribution in [0.1, 0.15) is 17.2 Å². The molecule has 2 aromatic carbocycles. The third-order valence-corrected chi connectivity index (χ3v) is 3.29. The predicted molar refractivity (Wildman–Crippen MR) is 86.9 cm³/mol. The van der Waals surface area contributed by atoms with E-state index in [9.17, 15) is 5.11 Å². The van der Waals surface area contributed by atoms with Crippen LogP contribution in [0, 0.1) is 0 Å². The Morgan fingerprint density at radius 2 is 1.77 bits per heavy atom. The highest BCUT2D eigenvalue weighted by atomic mass is 16.5. The van der Waals surface area contributed by atoms with E-state index < -0.39 is 6.10 Å². The van der Waals surface area contributed by atoms with Crippen molar-refractivity contribution in [3.63, 3.8) is 0 Å². The van der Waals surface area contributed by atoms with Gasteiger partial charge in [0.25, 0.3) is 0 Å². The van der Waals surface area contributed by atoms with Crippen LogP contribution in [0.3, 0.4) is 0 Å². The smallest absolute Gasteiger partial charge is 0.119 e. The first-order valence-electron chi connectivity index (χ1n) is 7.46. The van der Waals surface area contributed by atoms with Crippen molar-refractivity contribution in [3.8, 4) is 5.75 Å². The van der Waals surface area contributed by atoms with E-state index in [1.807, 2.05) is 61.6 Å². The van der Waals surface area contributed by atoms with Crippen LogP contribution in [0.2, 0.25) is 0 Å². The third-order valence-electron chi connectivity index (χ3n) is 3.29. The normalized spacial score (nSPS) is 12.1. The monoisotopic (exact) mass is 301 g/mol. The average Bonchev–Trinajstić information content (AvgIpc) is 2.58. The second kappa shape index (κ2) is 9.20. The maximum atomic E-state index is 10.0. The SMILES string of the molecule is CNCCOCC(O)c1ccc(OCc2ccccc2)cc1. The summed E-state index contributed by atoms with van der Waals surface area (Å²) in [7, 11) is 1.87. The Hall–Kier alpha value is -1.88. The Balaban J connectivity index is 1.79. The lowest BCUT2D eigenvalue weighted by Gasteiger charge is -2.12. The summed E-state index contributed by atoms with van der Waals surface area (Å²) in [5, 5.41) is 13.0. The molecule has 2 rings (SSSR count). The number of rotatable bonds is 9. The van der Waals surface area contributed by atoms with E-state index in [0.29, 0.717) is 19.8 Å². The number of hydrogen-bond donors (Lipinski definition) is 2. The summed E-state index contributed by atoms with van der Waals surface area (Å²) in [6.45, 7) is 2.20. The van der Waals surface area contributed by atoms with Gasteiger partial charge in [-0.05, 0) is 30.3 Å². The van der Waals surface area contributed by atoms with E-state index in [2.05, 4.69) is 5.32 Å². The van der Waals surface area contributed by atoms with Gasteiger partial charge in [0.15, 0.2) is 0 Å². The lowest BCUT2D eigenvalue weighted by molar-refractivity contribution is 0.0378. The Morgan fingerprint density at radius 1 is 1.05 bits per heavy atom. The summed E-state index contributed by atoms with van der Waals surface area (Å²) < 4.78 is 11.1. The minimum Gasteiger partial charge on any atom is -0.489 e. The van der Waals surface area contributed by atoms with Gasteiger partial charge in [-0.1, -0.05) is 42.5 Å². The highest BCUT2D eigenvalue weighted by molar-refractivity contribution is 5.29. The molecule has 1 atom stereocenters. The van der Waals surface area contributed by atoms with Crippen molar-refractivity contribution in [2.75, 3.05) is 26.8 Å². The van der Waals surface area contributed by atoms with Crippen molar-refractivity contribution in [2.45, 2.75) is 12.7 Å². The molecule has 0 aliphatic heterocycles. The molecule has 0 saturated carbocycles. The minimum atomic E-state index is -0.611. The van der Waals surface area contributed by atoms with E-state index in [1.54, 1.807) is 0 Å². The fourth-order valence-corrected chi connectivity index (χ4v) is 1.99. The molecule has 0 fully saturated rings. The fraction of sp³-hybridized carbons (Fsp3) is 0.333. The molecule has 22 heavy (non-hydrogen) atoms. The largest absolute Gasteiger partial charge is 0.489 e. The van der Waals surface area contributed by atoms with Gasteiger partial charge in [0.05, 0.1) is 13.2 Å². The van der Waals surface area contributed by atoms with Gasteiger partial charge >= 0.3 is 0 Å². The minimum absolute atomic E-state index is 0.298. The first-order valence-corrected chi connectivity index (χ1v) is 7.46. The molecule has 4 nitrogen and oxygen atoms in total. The topological polar surface area (TPSA) is 50.7 Å². The van der Waals surface area contributed by atoms with Crippen LogP contribution in [0.25, 0.3) is 0 Å². The van der Waals surface area contributed by atoms with Gasteiger partial charge in [0.2, 0.25) is 0 Å². The number of nitrogens with one attached hydrogen (secondary N) is 1. The molecule has 2 aromatic rings. The van der Waals surface area contributed by atoms with Crippen LogP contribution in [0.4, 0.5) is 0 Å². The number of likely N-dealkylation sites (N-methyl/N-ethyl adjacent to an activating group) is 1. The fourth-order valence-electron chi connectivity index (χ4n) is 1.99. The molecule has 0 aliphatic rings. The number of ether oxygens (including phenoxy) is 2. The highest BCUT2D eigenvalue weighted by Crippen LogP contribution is 2.19. The van der Waals surface area contributed by atoms with Gasteiger partial charge in [-0.25, -0.2) is 0 Å². The molecule has 0 aromatic heterocycles. The van der Waals surface area contributed by atoms with Crippen molar-refractivity contribution >= 4 is 0 Å². The average molecular weight is 301 g/mol. The van der Waals surface area contributed by atoms with Crippen LogP contribution in [0.5, 0.6) is 5.75 Å². The van der Waals surface area contributed by atoms with Crippen LogP contribution in [-0.2, 0) is 11.3 Å². The van der Waals surface area contributed by atoms with Gasteiger partial charge in [0.1, 0.15) is 18.5 Å². The molecule has 4 heteroatoms. The molecule has 0 heterocycles. The predicted octanol–water partition coefficient (Wildman–Crippen LogP) is 2.54. The maximum absolute atomic E-state index is 10.0. The molecular formula is C18H23NO3. The number of hydrogen-bond acceptors (Lipinski definition) is 4. The zero-order valence-corrected chi connectivity index (χ0v) is 12.9. The van der Waals surface area contributed by atoms with E-state index >= 15 is 0 Å². The second-order valence-electron chi connectivity index (χ2n) is 5.04. The van der Waals surface area contributed by atoms with Crippen LogP contribution in [0.15, 0.2) is 54.6 Å². The zero-order chi connectivity index (χ0) is 15.6. The van der Waals surface area contributed by atoms with Gasteiger partial charge in [-0.2, -0.15) is 0 Å². The van der Waals surface area contributed by atoms with Crippen molar-refractivity contribution in [1.82, 2.24) is 5.32 Å². The standard InChI is InChI=1S/C18H23NO3/c1-19-11-12-21-14-18(20)16-7-9-17(10-8-16)22-13-15-5-3-2-4-6-15/h2-10,18-20H,11-14H2,1H3. The molecule has 0 bridgehead atoms. The molecule has 0 amide bonds. The third kappa shape index (κ3) is 5.48. The molecule has 1 unspecified atom stereocenters. The molecule has 0 radical (unpaired) electrons. The Kier molecular flexibility index (Phi) is 6.90. The first-order chi connectivity index (χ1) is 10.8. The van der Waals surface area contributed by atoms with Gasteiger partial charge in [0, 0.05) is 6.54 Å². The van der Waals surface area contributed by atoms with Crippen LogP contribution in [-0.4, -0.2) is 31.9 Å². The van der Waals surface area contributed by atoms with Crippen molar-refractivity contribution in [1.29, 1.82) is 0 Å². The van der Waals surface area contributed by atoms with Gasteiger partial charge in [-0.15, -0.1) is 0 Å². The molecule has 2 N–H and O–H groups in total. The lowest BCUT2D eigenvalue weighted by atomic mass is 10.1. The zero-order valence-electron chi connectivity index (χ0n) is 12.9. The summed E-state index contributed by atoms with van der Waals surface area (Å²) in [6, 6.07) is 17.5. The van der Waals surface area contributed by atoms with Crippen LogP contribution < -0.4 is 10.1 Å². The number of aliphatic hydroxyl groups excluding tert-OH is 1. The summed E-state index contributed by atoms with van der Waals surface area (Å²) in [5.41, 5.74) is 1.96. The maximum Gasteiger partial charge on any atom is 0.119 e. The number of aliphatic hydroxyl groups is 1. The van der Waals surface area contributed by atoms with E-state index in [-0.39, 0.29) is 0 Å². The van der Waals surface area contributed by atoms with Crippen molar-refractivity contribution in [3.05, 3.63) is 65.7 Å². The summed E-state index contributed by atoms with van der Waals surface area (Å²) in [5.74, 6) is 0.788. The van der Waals surface area contributed by atoms with Crippen molar-refractivity contribution in [2.24, 2.45) is 0 Å². The number of benzene rings is 2. The Bertz CT molecular complexity index is 528. The quantitative estimate of drug-likeness (QED) is 0.699. The van der Waals surface area contributed by atoms with Gasteiger partial charge < -0.3 is 19.9 Å². The van der Waals surface area contributed by atoms with Crippen molar-refractivity contribution < 1.29 is 14.6 Å². The molecular weight excluding hydrogens is 278 g/mol. The lowest BCUT2D eigenvalue weighted by Crippen LogP contribution is -2.16. The van der Waals surface area contributed by atoms with E-state index in [1.165, 1.54) is 0 Å². The van der Waals surface area contributed by atoms with Gasteiger partial charge in [-0.3, -0.25) is 0 Å². The molecule has 0 saturated heterocycles. The highest BCUT2D eigenvalue weighted by Gasteiger charge is 2.07. The summed E-state index contributed by atoms with van der Waals surface area (Å²) in [6.07, 6.45) is -0.611. The second-order valence-corrected chi connectivity index (χ2v) is 5.04. The summed E-state index contributed by atoms with van der Waals surface area (Å²) >= 11 is 0. The van der Waals surface area contributed by atoms with E-state index in [0.717, 1.165) is 23.4 Å².